The van der Waals surface area contributed by atoms with Crippen molar-refractivity contribution < 1.29 is 4.74 Å². The minimum atomic E-state index is 0.672. The van der Waals surface area contributed by atoms with Gasteiger partial charge >= 0.3 is 0 Å². The molecule has 1 heterocycles. The largest absolute Gasteiger partial charge is 0.494 e. The first-order chi connectivity index (χ1) is 9.11. The van der Waals surface area contributed by atoms with Gasteiger partial charge < -0.3 is 9.72 Å². The Bertz CT molecular complexity index is 617. The molecule has 0 radical (unpaired) electrons. The standard InChI is InChI=1S/C15H18N2OS/c1-4-9-18-13-7-5-12(6-8-13)14-15(19)17-11(3)10(2)16-14/h5-8H,4,9H2,1-3H3,(H,17,19). The summed E-state index contributed by atoms with van der Waals surface area (Å²) in [7, 11) is 0. The maximum Gasteiger partial charge on any atom is 0.130 e. The first kappa shape index (κ1) is 13.7. The lowest BCUT2D eigenvalue weighted by Crippen LogP contribution is -1.97. The lowest BCUT2D eigenvalue weighted by Gasteiger charge is -2.07. The van der Waals surface area contributed by atoms with E-state index in [0.29, 0.717) is 4.64 Å². The van der Waals surface area contributed by atoms with Crippen LogP contribution in [0.5, 0.6) is 5.75 Å². The van der Waals surface area contributed by atoms with E-state index in [1.807, 2.05) is 38.1 Å². The highest BCUT2D eigenvalue weighted by Gasteiger charge is 2.05. The van der Waals surface area contributed by atoms with Crippen LogP contribution in [-0.4, -0.2) is 16.6 Å². The molecule has 0 atom stereocenters. The summed E-state index contributed by atoms with van der Waals surface area (Å²) < 4.78 is 6.24. The highest BCUT2D eigenvalue weighted by molar-refractivity contribution is 7.71. The summed E-state index contributed by atoms with van der Waals surface area (Å²) in [4.78, 5) is 7.73. The number of aromatic nitrogens is 2. The maximum absolute atomic E-state index is 5.56. The second kappa shape index (κ2) is 5.97. The number of hydrogen-bond acceptors (Lipinski definition) is 3. The average Bonchev–Trinajstić information content (AvgIpc) is 2.41. The molecule has 0 unspecified atom stereocenters. The number of rotatable bonds is 4. The van der Waals surface area contributed by atoms with E-state index in [-0.39, 0.29) is 0 Å². The molecule has 1 aromatic carbocycles. The molecule has 2 aromatic rings. The lowest BCUT2D eigenvalue weighted by atomic mass is 10.1. The van der Waals surface area contributed by atoms with Crippen molar-refractivity contribution in [1.82, 2.24) is 9.97 Å². The monoisotopic (exact) mass is 274 g/mol. The van der Waals surface area contributed by atoms with Gasteiger partial charge in [-0.1, -0.05) is 19.1 Å². The van der Waals surface area contributed by atoms with Crippen LogP contribution in [0.1, 0.15) is 24.7 Å². The fraction of sp³-hybridized carbons (Fsp3) is 0.333. The van der Waals surface area contributed by atoms with Gasteiger partial charge in [0.1, 0.15) is 16.1 Å². The van der Waals surface area contributed by atoms with Gasteiger partial charge in [-0.15, -0.1) is 0 Å². The van der Waals surface area contributed by atoms with Gasteiger partial charge in [-0.25, -0.2) is 4.98 Å². The second-order valence-electron chi connectivity index (χ2n) is 4.50. The van der Waals surface area contributed by atoms with Crippen LogP contribution in [0.4, 0.5) is 0 Å². The molecule has 1 N–H and O–H groups in total. The Kier molecular flexibility index (Phi) is 4.32. The van der Waals surface area contributed by atoms with Crippen LogP contribution in [0.15, 0.2) is 24.3 Å². The number of H-pyrrole nitrogens is 1. The average molecular weight is 274 g/mol. The van der Waals surface area contributed by atoms with Crippen molar-refractivity contribution in [3.05, 3.63) is 40.3 Å². The van der Waals surface area contributed by atoms with Gasteiger partial charge in [-0.05, 0) is 44.5 Å². The number of ether oxygens (including phenoxy) is 1. The Hall–Kier alpha value is -1.68. The summed E-state index contributed by atoms with van der Waals surface area (Å²) in [5.41, 5.74) is 3.81. The predicted molar refractivity (Wildman–Crippen MR) is 80.1 cm³/mol. The zero-order valence-electron chi connectivity index (χ0n) is 11.5. The molecule has 0 aliphatic heterocycles. The number of aromatic amines is 1. The van der Waals surface area contributed by atoms with E-state index in [4.69, 9.17) is 17.0 Å². The molecule has 100 valence electrons. The van der Waals surface area contributed by atoms with Crippen molar-refractivity contribution in [2.75, 3.05) is 6.61 Å². The molecule has 1 aromatic heterocycles. The zero-order chi connectivity index (χ0) is 13.8. The van der Waals surface area contributed by atoms with E-state index in [0.717, 1.165) is 41.4 Å². The van der Waals surface area contributed by atoms with Crippen molar-refractivity contribution in [1.29, 1.82) is 0 Å². The Morgan fingerprint density at radius 3 is 2.53 bits per heavy atom. The Balaban J connectivity index is 2.32. The van der Waals surface area contributed by atoms with E-state index < -0.39 is 0 Å². The third-order valence-corrected chi connectivity index (χ3v) is 3.23. The van der Waals surface area contributed by atoms with Gasteiger partial charge in [0.2, 0.25) is 0 Å². The molecule has 0 saturated heterocycles. The fourth-order valence-electron chi connectivity index (χ4n) is 1.75. The maximum atomic E-state index is 5.56. The first-order valence-electron chi connectivity index (χ1n) is 6.42. The Morgan fingerprint density at radius 1 is 1.21 bits per heavy atom. The Morgan fingerprint density at radius 2 is 1.89 bits per heavy atom. The molecular formula is C15H18N2OS. The third kappa shape index (κ3) is 3.20. The van der Waals surface area contributed by atoms with E-state index in [2.05, 4.69) is 16.9 Å². The van der Waals surface area contributed by atoms with Crippen LogP contribution >= 0.6 is 12.2 Å². The van der Waals surface area contributed by atoms with Crippen molar-refractivity contribution in [3.8, 4) is 17.0 Å². The molecule has 0 fully saturated rings. The van der Waals surface area contributed by atoms with Crippen molar-refractivity contribution >= 4 is 12.2 Å². The van der Waals surface area contributed by atoms with Gasteiger partial charge in [0.15, 0.2) is 0 Å². The molecule has 4 heteroatoms. The SMILES string of the molecule is CCCOc1ccc(-c2nc(C)c(C)[nH]c2=S)cc1. The lowest BCUT2D eigenvalue weighted by molar-refractivity contribution is 0.317. The minimum Gasteiger partial charge on any atom is -0.494 e. The number of aryl methyl sites for hydroxylation is 2. The smallest absolute Gasteiger partial charge is 0.130 e. The van der Waals surface area contributed by atoms with E-state index in [9.17, 15) is 0 Å². The molecule has 0 spiro atoms. The molecule has 2 rings (SSSR count). The fourth-order valence-corrected chi connectivity index (χ4v) is 2.06. The van der Waals surface area contributed by atoms with Gasteiger partial charge in [-0.3, -0.25) is 0 Å². The molecule has 0 aliphatic carbocycles. The van der Waals surface area contributed by atoms with E-state index in [1.54, 1.807) is 0 Å². The summed E-state index contributed by atoms with van der Waals surface area (Å²) in [6.45, 7) is 6.78. The van der Waals surface area contributed by atoms with Gasteiger partial charge in [0.05, 0.1) is 12.3 Å². The topological polar surface area (TPSA) is 37.9 Å². The molecule has 3 nitrogen and oxygen atoms in total. The van der Waals surface area contributed by atoms with Crippen molar-refractivity contribution in [2.45, 2.75) is 27.2 Å². The van der Waals surface area contributed by atoms with Crippen molar-refractivity contribution in [3.63, 3.8) is 0 Å². The highest BCUT2D eigenvalue weighted by Crippen LogP contribution is 2.22. The third-order valence-electron chi connectivity index (χ3n) is 2.94. The molecule has 0 aliphatic rings. The quantitative estimate of drug-likeness (QED) is 0.849. The first-order valence-corrected chi connectivity index (χ1v) is 6.83. The van der Waals surface area contributed by atoms with Gasteiger partial charge in [0.25, 0.3) is 0 Å². The van der Waals surface area contributed by atoms with E-state index >= 15 is 0 Å². The van der Waals surface area contributed by atoms with Gasteiger partial charge in [-0.2, -0.15) is 0 Å². The number of benzene rings is 1. The normalized spacial score (nSPS) is 10.5. The van der Waals surface area contributed by atoms with Crippen molar-refractivity contribution in [2.24, 2.45) is 0 Å². The second-order valence-corrected chi connectivity index (χ2v) is 4.91. The van der Waals surface area contributed by atoms with Crippen LogP contribution in [-0.2, 0) is 0 Å². The summed E-state index contributed by atoms with van der Waals surface area (Å²) >= 11 is 5.33. The predicted octanol–water partition coefficient (Wildman–Crippen LogP) is 4.21. The van der Waals surface area contributed by atoms with Gasteiger partial charge in [0, 0.05) is 11.3 Å². The summed E-state index contributed by atoms with van der Waals surface area (Å²) in [6, 6.07) is 7.89. The number of nitrogens with zero attached hydrogens (tertiary/aromatic N) is 1. The molecule has 0 amide bonds. The number of nitrogens with one attached hydrogen (secondary N) is 1. The highest BCUT2D eigenvalue weighted by atomic mass is 32.1. The zero-order valence-corrected chi connectivity index (χ0v) is 12.3. The van der Waals surface area contributed by atoms with Crippen LogP contribution in [0.25, 0.3) is 11.3 Å². The Labute approximate surface area is 118 Å². The molecule has 0 bridgehead atoms. The van der Waals surface area contributed by atoms with Crippen LogP contribution in [0, 0.1) is 18.5 Å². The van der Waals surface area contributed by atoms with Crippen LogP contribution in [0.2, 0.25) is 0 Å². The molecule has 0 saturated carbocycles. The minimum absolute atomic E-state index is 0.672. The summed E-state index contributed by atoms with van der Waals surface area (Å²) in [5, 5.41) is 0. The van der Waals surface area contributed by atoms with Crippen LogP contribution < -0.4 is 4.74 Å². The van der Waals surface area contributed by atoms with Crippen LogP contribution in [0.3, 0.4) is 0 Å². The molecule has 19 heavy (non-hydrogen) atoms. The summed E-state index contributed by atoms with van der Waals surface area (Å²) in [6.07, 6.45) is 1.01. The van der Waals surface area contributed by atoms with E-state index in [1.165, 1.54) is 0 Å². The summed E-state index contributed by atoms with van der Waals surface area (Å²) in [5.74, 6) is 0.879. The molecular weight excluding hydrogens is 256 g/mol. The number of hydrogen-bond donors (Lipinski definition) is 1.